The second-order valence-corrected chi connectivity index (χ2v) is 7.97. The Bertz CT molecular complexity index is 895. The third-order valence-electron chi connectivity index (χ3n) is 6.72. The molecule has 0 spiro atoms. The molecule has 1 fully saturated rings. The Morgan fingerprint density at radius 2 is 2.22 bits per heavy atom. The zero-order chi connectivity index (χ0) is 19.1. The Hall–Kier alpha value is -2.07. The summed E-state index contributed by atoms with van der Waals surface area (Å²) < 4.78 is 5.64. The summed E-state index contributed by atoms with van der Waals surface area (Å²) in [4.78, 5) is 18.6. The lowest BCUT2D eigenvalue weighted by Gasteiger charge is -2.46. The molecule has 1 aromatic carbocycles. The fourth-order valence-electron chi connectivity index (χ4n) is 5.43. The number of aromatic nitrogens is 1. The number of methoxy groups -OCH3 is 1. The molecule has 3 heterocycles. The molecule has 0 aliphatic carbocycles. The zero-order valence-corrected chi connectivity index (χ0v) is 16.8. The first-order valence-corrected chi connectivity index (χ1v) is 10.2. The molecular weight excluding hydrogens is 336 g/mol. The molecule has 4 heteroatoms. The van der Waals surface area contributed by atoms with Gasteiger partial charge in [0.1, 0.15) is 5.75 Å². The highest BCUT2D eigenvalue weighted by atomic mass is 16.5. The minimum atomic E-state index is 0.226. The number of hydrogen-bond acceptors (Lipinski definition) is 3. The van der Waals surface area contributed by atoms with Crippen LogP contribution in [0.3, 0.4) is 0 Å². The Morgan fingerprint density at radius 1 is 1.41 bits per heavy atom. The van der Waals surface area contributed by atoms with Crippen LogP contribution < -0.4 is 4.74 Å². The highest BCUT2D eigenvalue weighted by Crippen LogP contribution is 2.46. The molecule has 0 bridgehead atoms. The molecule has 1 saturated heterocycles. The van der Waals surface area contributed by atoms with E-state index in [2.05, 4.69) is 22.9 Å². The predicted octanol–water partition coefficient (Wildman–Crippen LogP) is 4.66. The fourth-order valence-corrected chi connectivity index (χ4v) is 5.43. The van der Waals surface area contributed by atoms with Gasteiger partial charge in [0, 0.05) is 29.7 Å². The number of Topliss-reactive ketones (excluding diaryl/α,β-unsaturated/α-hetero) is 1. The van der Waals surface area contributed by atoms with Crippen LogP contribution in [-0.4, -0.2) is 35.9 Å². The molecule has 0 radical (unpaired) electrons. The van der Waals surface area contributed by atoms with Crippen molar-refractivity contribution >= 4 is 16.7 Å². The van der Waals surface area contributed by atoms with E-state index in [1.54, 1.807) is 14.0 Å². The number of fused-ring (bicyclic) bond motifs is 5. The van der Waals surface area contributed by atoms with Gasteiger partial charge < -0.3 is 9.72 Å². The van der Waals surface area contributed by atoms with Crippen molar-refractivity contribution in [2.75, 3.05) is 20.2 Å². The molecule has 4 nitrogen and oxygen atoms in total. The van der Waals surface area contributed by atoms with Crippen LogP contribution >= 0.6 is 0 Å². The number of aromatic amines is 1. The lowest BCUT2D eigenvalue weighted by molar-refractivity contribution is -0.114. The number of H-pyrrole nitrogens is 1. The summed E-state index contributed by atoms with van der Waals surface area (Å²) in [5, 5.41) is 1.24. The minimum absolute atomic E-state index is 0.226. The van der Waals surface area contributed by atoms with Gasteiger partial charge in [-0.25, -0.2) is 0 Å². The third-order valence-corrected chi connectivity index (χ3v) is 6.72. The molecular formula is C23H30N2O2. The van der Waals surface area contributed by atoms with Gasteiger partial charge in [-0.15, -0.1) is 0 Å². The van der Waals surface area contributed by atoms with Gasteiger partial charge >= 0.3 is 0 Å². The molecule has 27 heavy (non-hydrogen) atoms. The first kappa shape index (κ1) is 18.3. The Morgan fingerprint density at radius 3 is 2.89 bits per heavy atom. The molecule has 2 aliphatic heterocycles. The van der Waals surface area contributed by atoms with Crippen molar-refractivity contribution < 1.29 is 9.53 Å². The van der Waals surface area contributed by atoms with Gasteiger partial charge in [-0.05, 0) is 61.8 Å². The van der Waals surface area contributed by atoms with Crippen LogP contribution in [0.25, 0.3) is 10.9 Å². The van der Waals surface area contributed by atoms with Gasteiger partial charge in [0.2, 0.25) is 0 Å². The molecule has 2 aliphatic rings. The number of ether oxygens (including phenoxy) is 1. The quantitative estimate of drug-likeness (QED) is 0.801. The first-order chi connectivity index (χ1) is 13.1. The Labute approximate surface area is 161 Å². The normalized spacial score (nSPS) is 25.9. The highest BCUT2D eigenvalue weighted by molar-refractivity contribution is 5.94. The van der Waals surface area contributed by atoms with Crippen molar-refractivity contribution in [3.05, 3.63) is 41.1 Å². The van der Waals surface area contributed by atoms with E-state index in [4.69, 9.17) is 4.74 Å². The summed E-state index contributed by atoms with van der Waals surface area (Å²) in [6, 6.07) is 6.59. The zero-order valence-electron chi connectivity index (χ0n) is 16.8. The topological polar surface area (TPSA) is 45.3 Å². The van der Waals surface area contributed by atoms with E-state index >= 15 is 0 Å². The monoisotopic (exact) mass is 366 g/mol. The molecule has 2 aromatic rings. The average molecular weight is 367 g/mol. The maximum absolute atomic E-state index is 12.3. The Balaban J connectivity index is 1.77. The van der Waals surface area contributed by atoms with Gasteiger partial charge in [0.15, 0.2) is 5.78 Å². The van der Waals surface area contributed by atoms with E-state index in [-0.39, 0.29) is 5.78 Å². The van der Waals surface area contributed by atoms with Crippen LogP contribution in [0.15, 0.2) is 29.8 Å². The van der Waals surface area contributed by atoms with Gasteiger partial charge in [0.25, 0.3) is 0 Å². The third kappa shape index (κ3) is 2.91. The van der Waals surface area contributed by atoms with E-state index in [9.17, 15) is 4.79 Å². The molecule has 4 rings (SSSR count). The van der Waals surface area contributed by atoms with Crippen molar-refractivity contribution in [2.45, 2.75) is 46.1 Å². The second-order valence-electron chi connectivity index (χ2n) is 7.97. The largest absolute Gasteiger partial charge is 0.496 e. The standard InChI is InChI=1S/C23H30N2O2/c1-5-15-13-25-11-10-17-22-19(8-7-9-21(22)27-4)24-23(17)20(25)12-18(15)16(6-2)14(3)26/h6-9,15,18,20,24H,5,10-13H2,1-4H3/b16-6-/t15-,18+,20+/m1/s1. The molecule has 0 amide bonds. The first-order valence-electron chi connectivity index (χ1n) is 10.2. The smallest absolute Gasteiger partial charge is 0.155 e. The second kappa shape index (κ2) is 7.16. The number of hydrogen-bond donors (Lipinski definition) is 1. The number of ketones is 1. The van der Waals surface area contributed by atoms with E-state index in [0.29, 0.717) is 17.9 Å². The summed E-state index contributed by atoms with van der Waals surface area (Å²) in [5.74, 6) is 2.08. The summed E-state index contributed by atoms with van der Waals surface area (Å²) >= 11 is 0. The fraction of sp³-hybridized carbons (Fsp3) is 0.522. The van der Waals surface area contributed by atoms with Crippen LogP contribution in [0.1, 0.15) is 50.9 Å². The van der Waals surface area contributed by atoms with Crippen LogP contribution in [0.4, 0.5) is 0 Å². The lowest BCUT2D eigenvalue weighted by atomic mass is 9.73. The van der Waals surface area contributed by atoms with Crippen LogP contribution in [0.2, 0.25) is 0 Å². The minimum Gasteiger partial charge on any atom is -0.496 e. The van der Waals surface area contributed by atoms with Crippen LogP contribution in [-0.2, 0) is 11.2 Å². The SMILES string of the molecule is C/C=C(/C(C)=O)[C@H]1C[C@H]2c3[nH]c4cccc(OC)c4c3CCN2C[C@H]1CC. The molecule has 1 N–H and O–H groups in total. The highest BCUT2D eigenvalue weighted by Gasteiger charge is 2.41. The van der Waals surface area contributed by atoms with E-state index in [1.807, 2.05) is 25.1 Å². The Kier molecular flexibility index (Phi) is 4.85. The molecule has 0 saturated carbocycles. The summed E-state index contributed by atoms with van der Waals surface area (Å²) in [6.07, 6.45) is 5.23. The van der Waals surface area contributed by atoms with Crippen LogP contribution in [0.5, 0.6) is 5.75 Å². The van der Waals surface area contributed by atoms with E-state index in [1.165, 1.54) is 16.6 Å². The van der Waals surface area contributed by atoms with Gasteiger partial charge in [0.05, 0.1) is 13.2 Å². The van der Waals surface area contributed by atoms with Gasteiger partial charge in [-0.3, -0.25) is 9.69 Å². The van der Waals surface area contributed by atoms with Crippen molar-refractivity contribution in [2.24, 2.45) is 11.8 Å². The number of nitrogens with one attached hydrogen (secondary N) is 1. The molecule has 0 unspecified atom stereocenters. The van der Waals surface area contributed by atoms with Crippen molar-refractivity contribution in [3.8, 4) is 5.75 Å². The summed E-state index contributed by atoms with van der Waals surface area (Å²) in [5.41, 5.74) is 4.91. The summed E-state index contributed by atoms with van der Waals surface area (Å²) in [7, 11) is 1.75. The average Bonchev–Trinajstić information content (AvgIpc) is 3.06. The van der Waals surface area contributed by atoms with E-state index in [0.717, 1.165) is 49.2 Å². The van der Waals surface area contributed by atoms with Gasteiger partial charge in [-0.1, -0.05) is 25.5 Å². The number of carbonyl (C=O) groups excluding carboxylic acids is 1. The molecule has 1 aromatic heterocycles. The molecule has 3 atom stereocenters. The number of allylic oxidation sites excluding steroid dienone is 2. The number of nitrogens with zero attached hydrogens (tertiary/aromatic N) is 1. The number of carbonyl (C=O) groups is 1. The number of benzene rings is 1. The van der Waals surface area contributed by atoms with Crippen molar-refractivity contribution in [1.29, 1.82) is 0 Å². The van der Waals surface area contributed by atoms with Gasteiger partial charge in [-0.2, -0.15) is 0 Å². The maximum Gasteiger partial charge on any atom is 0.155 e. The number of rotatable bonds is 4. The summed E-state index contributed by atoms with van der Waals surface area (Å²) in [6.45, 7) is 8.14. The van der Waals surface area contributed by atoms with Crippen LogP contribution in [0, 0.1) is 11.8 Å². The van der Waals surface area contributed by atoms with Crippen molar-refractivity contribution in [1.82, 2.24) is 9.88 Å². The number of piperidine rings is 1. The maximum atomic E-state index is 12.3. The van der Waals surface area contributed by atoms with Crippen molar-refractivity contribution in [3.63, 3.8) is 0 Å². The van der Waals surface area contributed by atoms with E-state index < -0.39 is 0 Å². The lowest BCUT2D eigenvalue weighted by Crippen LogP contribution is -2.46. The molecule has 144 valence electrons. The predicted molar refractivity (Wildman–Crippen MR) is 109 cm³/mol.